The zero-order valence-electron chi connectivity index (χ0n) is 11.0. The van der Waals surface area contributed by atoms with E-state index < -0.39 is 0 Å². The van der Waals surface area contributed by atoms with Gasteiger partial charge in [-0.1, -0.05) is 11.6 Å². The summed E-state index contributed by atoms with van der Waals surface area (Å²) in [5, 5.41) is 7.85. The lowest BCUT2D eigenvalue weighted by molar-refractivity contribution is 0.631. The molecular formula is C14H23N3. The Hall–Kier alpha value is -1.09. The number of allylic oxidation sites excluding steroid dienone is 1. The molecule has 1 aliphatic rings. The summed E-state index contributed by atoms with van der Waals surface area (Å²) in [5.41, 5.74) is 4.09. The average molecular weight is 233 g/mol. The van der Waals surface area contributed by atoms with E-state index in [1.54, 1.807) is 5.57 Å². The number of hydrogen-bond acceptors (Lipinski definition) is 2. The lowest BCUT2D eigenvalue weighted by atomic mass is 9.97. The minimum absolute atomic E-state index is 0.937. The lowest BCUT2D eigenvalue weighted by Gasteiger charge is -2.12. The van der Waals surface area contributed by atoms with Crippen LogP contribution in [0.2, 0.25) is 0 Å². The van der Waals surface area contributed by atoms with Crippen molar-refractivity contribution >= 4 is 0 Å². The van der Waals surface area contributed by atoms with Crippen molar-refractivity contribution in [2.24, 2.45) is 7.05 Å². The summed E-state index contributed by atoms with van der Waals surface area (Å²) in [6.45, 7) is 4.09. The quantitative estimate of drug-likeness (QED) is 0.626. The van der Waals surface area contributed by atoms with Crippen molar-refractivity contribution in [1.29, 1.82) is 0 Å². The van der Waals surface area contributed by atoms with E-state index in [4.69, 9.17) is 0 Å². The zero-order chi connectivity index (χ0) is 12.1. The van der Waals surface area contributed by atoms with E-state index in [0.29, 0.717) is 0 Å². The van der Waals surface area contributed by atoms with E-state index in [2.05, 4.69) is 29.6 Å². The summed E-state index contributed by atoms with van der Waals surface area (Å²) >= 11 is 0. The molecule has 1 aromatic heterocycles. The highest BCUT2D eigenvalue weighted by molar-refractivity contribution is 5.14. The maximum atomic E-state index is 4.34. The Morgan fingerprint density at radius 3 is 2.94 bits per heavy atom. The minimum Gasteiger partial charge on any atom is -0.312 e. The molecule has 1 N–H and O–H groups in total. The van der Waals surface area contributed by atoms with Gasteiger partial charge in [-0.05, 0) is 45.6 Å². The van der Waals surface area contributed by atoms with Gasteiger partial charge in [-0.25, -0.2) is 0 Å². The Kier molecular flexibility index (Phi) is 4.37. The van der Waals surface area contributed by atoms with Gasteiger partial charge in [0.25, 0.3) is 0 Å². The molecule has 0 saturated carbocycles. The molecule has 3 heteroatoms. The second-order valence-corrected chi connectivity index (χ2v) is 4.95. The Balaban J connectivity index is 1.69. The van der Waals surface area contributed by atoms with Crippen LogP contribution in [-0.4, -0.2) is 16.3 Å². The predicted molar refractivity (Wildman–Crippen MR) is 70.8 cm³/mol. The Morgan fingerprint density at radius 1 is 1.41 bits per heavy atom. The molecule has 0 radical (unpaired) electrons. The van der Waals surface area contributed by atoms with Crippen LogP contribution in [0.4, 0.5) is 0 Å². The second-order valence-electron chi connectivity index (χ2n) is 4.95. The molecule has 94 valence electrons. The van der Waals surface area contributed by atoms with Crippen molar-refractivity contribution < 1.29 is 0 Å². The standard InChI is InChI=1S/C14H23N3/c1-12-14(11-17(2)16-12)10-15-9-8-13-6-4-3-5-7-13/h6,11,15H,3-5,7-10H2,1-2H3. The molecule has 0 amide bonds. The Morgan fingerprint density at radius 2 is 2.29 bits per heavy atom. The number of aryl methyl sites for hydroxylation is 2. The first-order valence-corrected chi connectivity index (χ1v) is 6.63. The number of rotatable bonds is 5. The average Bonchev–Trinajstić information content (AvgIpc) is 2.65. The minimum atomic E-state index is 0.937. The van der Waals surface area contributed by atoms with Gasteiger partial charge >= 0.3 is 0 Å². The smallest absolute Gasteiger partial charge is 0.0638 e. The van der Waals surface area contributed by atoms with Crippen LogP contribution in [0.15, 0.2) is 17.8 Å². The van der Waals surface area contributed by atoms with Crippen molar-refractivity contribution in [3.05, 3.63) is 29.1 Å². The summed E-state index contributed by atoms with van der Waals surface area (Å²) in [6, 6.07) is 0. The van der Waals surface area contributed by atoms with E-state index in [1.807, 2.05) is 11.7 Å². The number of nitrogens with zero attached hydrogens (tertiary/aromatic N) is 2. The molecule has 0 bridgehead atoms. The fourth-order valence-corrected chi connectivity index (χ4v) is 2.43. The summed E-state index contributed by atoms with van der Waals surface area (Å²) in [6.07, 6.45) is 11.1. The van der Waals surface area contributed by atoms with Crippen molar-refractivity contribution in [3.8, 4) is 0 Å². The summed E-state index contributed by atoms with van der Waals surface area (Å²) in [4.78, 5) is 0. The highest BCUT2D eigenvalue weighted by Crippen LogP contribution is 2.19. The van der Waals surface area contributed by atoms with Crippen molar-refractivity contribution in [1.82, 2.24) is 15.1 Å². The van der Waals surface area contributed by atoms with Crippen LogP contribution < -0.4 is 5.32 Å². The maximum absolute atomic E-state index is 4.34. The van der Waals surface area contributed by atoms with E-state index in [-0.39, 0.29) is 0 Å². The Labute approximate surface area is 104 Å². The number of hydrogen-bond donors (Lipinski definition) is 1. The molecule has 0 unspecified atom stereocenters. The third-order valence-corrected chi connectivity index (χ3v) is 3.44. The SMILES string of the molecule is Cc1nn(C)cc1CNCCC1=CCCCC1. The molecule has 0 atom stereocenters. The highest BCUT2D eigenvalue weighted by atomic mass is 15.2. The largest absolute Gasteiger partial charge is 0.312 e. The van der Waals surface area contributed by atoms with Gasteiger partial charge in [0.2, 0.25) is 0 Å². The molecule has 3 nitrogen and oxygen atoms in total. The zero-order valence-corrected chi connectivity index (χ0v) is 11.0. The van der Waals surface area contributed by atoms with E-state index >= 15 is 0 Å². The molecule has 2 rings (SSSR count). The monoisotopic (exact) mass is 233 g/mol. The van der Waals surface area contributed by atoms with Gasteiger partial charge < -0.3 is 5.32 Å². The first-order chi connectivity index (χ1) is 8.25. The summed E-state index contributed by atoms with van der Waals surface area (Å²) in [7, 11) is 1.98. The molecule has 0 saturated heterocycles. The summed E-state index contributed by atoms with van der Waals surface area (Å²) < 4.78 is 1.88. The molecule has 0 aliphatic heterocycles. The predicted octanol–water partition coefficient (Wildman–Crippen LogP) is 2.71. The fourth-order valence-electron chi connectivity index (χ4n) is 2.43. The third kappa shape index (κ3) is 3.70. The number of nitrogens with one attached hydrogen (secondary N) is 1. The molecule has 0 aromatic carbocycles. The molecule has 1 heterocycles. The van der Waals surface area contributed by atoms with Crippen molar-refractivity contribution in [2.75, 3.05) is 6.54 Å². The maximum Gasteiger partial charge on any atom is 0.0638 e. The van der Waals surface area contributed by atoms with E-state index in [0.717, 1.165) is 18.8 Å². The van der Waals surface area contributed by atoms with Gasteiger partial charge in [-0.2, -0.15) is 5.10 Å². The normalized spacial score (nSPS) is 16.0. The van der Waals surface area contributed by atoms with Gasteiger partial charge in [0.15, 0.2) is 0 Å². The lowest BCUT2D eigenvalue weighted by Crippen LogP contribution is -2.15. The van der Waals surface area contributed by atoms with E-state index in [9.17, 15) is 0 Å². The second kappa shape index (κ2) is 6.01. The first kappa shape index (κ1) is 12.4. The van der Waals surface area contributed by atoms with E-state index in [1.165, 1.54) is 37.7 Å². The van der Waals surface area contributed by atoms with Crippen LogP contribution in [0.1, 0.15) is 43.4 Å². The third-order valence-electron chi connectivity index (χ3n) is 3.44. The van der Waals surface area contributed by atoms with Crippen LogP contribution in [0.5, 0.6) is 0 Å². The summed E-state index contributed by atoms with van der Waals surface area (Å²) in [5.74, 6) is 0. The topological polar surface area (TPSA) is 29.9 Å². The van der Waals surface area contributed by atoms with Gasteiger partial charge in [0.05, 0.1) is 5.69 Å². The van der Waals surface area contributed by atoms with Crippen LogP contribution in [-0.2, 0) is 13.6 Å². The van der Waals surface area contributed by atoms with Crippen molar-refractivity contribution in [2.45, 2.75) is 45.6 Å². The first-order valence-electron chi connectivity index (χ1n) is 6.63. The van der Waals surface area contributed by atoms with Gasteiger partial charge in [-0.3, -0.25) is 4.68 Å². The number of aromatic nitrogens is 2. The van der Waals surface area contributed by atoms with Crippen molar-refractivity contribution in [3.63, 3.8) is 0 Å². The fraction of sp³-hybridized carbons (Fsp3) is 0.643. The van der Waals surface area contributed by atoms with Gasteiger partial charge in [-0.15, -0.1) is 0 Å². The highest BCUT2D eigenvalue weighted by Gasteiger charge is 2.04. The molecule has 0 spiro atoms. The molecule has 0 fully saturated rings. The van der Waals surface area contributed by atoms with Gasteiger partial charge in [0, 0.05) is 25.4 Å². The molecule has 17 heavy (non-hydrogen) atoms. The Bertz CT molecular complexity index is 390. The van der Waals surface area contributed by atoms with Crippen LogP contribution >= 0.6 is 0 Å². The molecule has 1 aromatic rings. The van der Waals surface area contributed by atoms with Crippen LogP contribution in [0, 0.1) is 6.92 Å². The molecule has 1 aliphatic carbocycles. The molecular weight excluding hydrogens is 210 g/mol. The van der Waals surface area contributed by atoms with Gasteiger partial charge in [0.1, 0.15) is 0 Å². The van der Waals surface area contributed by atoms with Crippen LogP contribution in [0.25, 0.3) is 0 Å². The van der Waals surface area contributed by atoms with Crippen LogP contribution in [0.3, 0.4) is 0 Å².